The van der Waals surface area contributed by atoms with Crippen molar-refractivity contribution < 1.29 is 4.42 Å². The van der Waals surface area contributed by atoms with Crippen LogP contribution < -0.4 is 4.90 Å². The van der Waals surface area contributed by atoms with Gasteiger partial charge in [0.05, 0.1) is 11.0 Å². The first-order valence-electron chi connectivity index (χ1n) is 18.6. The Hall–Kier alpha value is -7.43. The van der Waals surface area contributed by atoms with Gasteiger partial charge in [-0.3, -0.25) is 0 Å². The van der Waals surface area contributed by atoms with Crippen molar-refractivity contribution in [2.24, 2.45) is 0 Å². The third-order valence-electron chi connectivity index (χ3n) is 10.8. The number of para-hydroxylation sites is 3. The zero-order valence-electron chi connectivity index (χ0n) is 29.8. The SMILES string of the molecule is c1ccc(-c2nc3c(ccc4c(-c5ccccc5)cc5ccc(N(c6ccccc6)c6ccc7c8ccccc8n(-c8ccccc8)c7c6)cc5c43)o2)cc1. The molecule has 0 aliphatic heterocycles. The highest BCUT2D eigenvalue weighted by Crippen LogP contribution is 2.44. The fraction of sp³-hybridized carbons (Fsp3) is 0. The molecule has 11 aromatic rings. The van der Waals surface area contributed by atoms with E-state index in [1.54, 1.807) is 0 Å². The number of anilines is 3. The van der Waals surface area contributed by atoms with E-state index in [4.69, 9.17) is 9.40 Å². The highest BCUT2D eigenvalue weighted by Gasteiger charge is 2.21. The van der Waals surface area contributed by atoms with Gasteiger partial charge in [-0.15, -0.1) is 0 Å². The average Bonchev–Trinajstić information content (AvgIpc) is 3.84. The van der Waals surface area contributed by atoms with Gasteiger partial charge >= 0.3 is 0 Å². The lowest BCUT2D eigenvalue weighted by Gasteiger charge is -2.26. The summed E-state index contributed by atoms with van der Waals surface area (Å²) in [4.78, 5) is 7.56. The lowest BCUT2D eigenvalue weighted by Crippen LogP contribution is -2.10. The van der Waals surface area contributed by atoms with Crippen LogP contribution in [-0.4, -0.2) is 9.55 Å². The van der Waals surface area contributed by atoms with Crippen LogP contribution >= 0.6 is 0 Å². The quantitative estimate of drug-likeness (QED) is 0.162. The Morgan fingerprint density at radius 3 is 1.84 bits per heavy atom. The third kappa shape index (κ3) is 5.11. The maximum atomic E-state index is 6.46. The summed E-state index contributed by atoms with van der Waals surface area (Å²) >= 11 is 0. The maximum Gasteiger partial charge on any atom is 0.227 e. The molecule has 4 nitrogen and oxygen atoms in total. The molecule has 4 heteroatoms. The normalized spacial score (nSPS) is 11.6. The fourth-order valence-corrected chi connectivity index (χ4v) is 8.29. The van der Waals surface area contributed by atoms with Crippen molar-refractivity contribution in [3.8, 4) is 28.3 Å². The van der Waals surface area contributed by atoms with Gasteiger partial charge in [0.2, 0.25) is 5.89 Å². The molecule has 0 fully saturated rings. The number of oxazole rings is 1. The van der Waals surface area contributed by atoms with Crippen molar-refractivity contribution >= 4 is 71.5 Å². The molecule has 0 radical (unpaired) electrons. The Bertz CT molecular complexity index is 3190. The minimum absolute atomic E-state index is 0.616. The molecule has 258 valence electrons. The molecule has 0 unspecified atom stereocenters. The molecule has 0 saturated carbocycles. The molecule has 0 spiro atoms. The monoisotopic (exact) mass is 703 g/mol. The number of benzene rings is 9. The van der Waals surface area contributed by atoms with Crippen LogP contribution in [0.4, 0.5) is 17.1 Å². The lowest BCUT2D eigenvalue weighted by molar-refractivity contribution is 0.620. The largest absolute Gasteiger partial charge is 0.436 e. The van der Waals surface area contributed by atoms with E-state index in [1.165, 1.54) is 21.9 Å². The van der Waals surface area contributed by atoms with Crippen molar-refractivity contribution in [3.63, 3.8) is 0 Å². The topological polar surface area (TPSA) is 34.2 Å². The summed E-state index contributed by atoms with van der Waals surface area (Å²) in [5.41, 5.74) is 11.6. The summed E-state index contributed by atoms with van der Waals surface area (Å²) in [6.45, 7) is 0. The predicted octanol–water partition coefficient (Wildman–Crippen LogP) is 14.0. The number of hydrogen-bond donors (Lipinski definition) is 0. The smallest absolute Gasteiger partial charge is 0.227 e. The van der Waals surface area contributed by atoms with E-state index < -0.39 is 0 Å². The van der Waals surface area contributed by atoms with Crippen molar-refractivity contribution in [2.45, 2.75) is 0 Å². The zero-order chi connectivity index (χ0) is 36.3. The Kier molecular flexibility index (Phi) is 7.14. The molecular weight excluding hydrogens is 671 g/mol. The zero-order valence-corrected chi connectivity index (χ0v) is 29.8. The molecule has 0 bridgehead atoms. The van der Waals surface area contributed by atoms with Gasteiger partial charge in [0.1, 0.15) is 5.52 Å². The molecule has 0 saturated heterocycles. The summed E-state index contributed by atoms with van der Waals surface area (Å²) in [5, 5.41) is 6.92. The van der Waals surface area contributed by atoms with E-state index in [-0.39, 0.29) is 0 Å². The van der Waals surface area contributed by atoms with Gasteiger partial charge in [0, 0.05) is 44.5 Å². The molecule has 0 atom stereocenters. The number of nitrogens with zero attached hydrogens (tertiary/aromatic N) is 3. The molecule has 0 aliphatic rings. The molecule has 0 aliphatic carbocycles. The first kappa shape index (κ1) is 31.1. The summed E-state index contributed by atoms with van der Waals surface area (Å²) in [7, 11) is 0. The fourth-order valence-electron chi connectivity index (χ4n) is 8.29. The second-order valence-corrected chi connectivity index (χ2v) is 14.0. The molecule has 0 N–H and O–H groups in total. The number of aromatic nitrogens is 2. The third-order valence-corrected chi connectivity index (χ3v) is 10.8. The van der Waals surface area contributed by atoms with Crippen LogP contribution in [0.3, 0.4) is 0 Å². The van der Waals surface area contributed by atoms with Gasteiger partial charge in [0.25, 0.3) is 0 Å². The molecule has 9 aromatic carbocycles. The van der Waals surface area contributed by atoms with Gasteiger partial charge in [-0.05, 0) is 112 Å². The van der Waals surface area contributed by atoms with Crippen LogP contribution in [-0.2, 0) is 0 Å². The molecule has 0 amide bonds. The first-order valence-corrected chi connectivity index (χ1v) is 18.6. The maximum absolute atomic E-state index is 6.46. The van der Waals surface area contributed by atoms with E-state index in [1.807, 2.05) is 30.3 Å². The summed E-state index contributed by atoms with van der Waals surface area (Å²) < 4.78 is 8.84. The second kappa shape index (κ2) is 12.6. The van der Waals surface area contributed by atoms with E-state index in [0.717, 1.165) is 72.0 Å². The van der Waals surface area contributed by atoms with Gasteiger partial charge < -0.3 is 13.9 Å². The van der Waals surface area contributed by atoms with Crippen LogP contribution in [0.5, 0.6) is 0 Å². The summed E-state index contributed by atoms with van der Waals surface area (Å²) in [5.74, 6) is 0.616. The van der Waals surface area contributed by atoms with Crippen molar-refractivity contribution in [1.82, 2.24) is 9.55 Å². The van der Waals surface area contributed by atoms with E-state index in [9.17, 15) is 0 Å². The van der Waals surface area contributed by atoms with Gasteiger partial charge in [0.15, 0.2) is 5.58 Å². The van der Waals surface area contributed by atoms with Crippen LogP contribution in [0, 0.1) is 0 Å². The highest BCUT2D eigenvalue weighted by atomic mass is 16.3. The van der Waals surface area contributed by atoms with E-state index in [2.05, 4.69) is 179 Å². The Morgan fingerprint density at radius 2 is 1.05 bits per heavy atom. The van der Waals surface area contributed by atoms with Gasteiger partial charge in [-0.1, -0.05) is 115 Å². The van der Waals surface area contributed by atoms with E-state index >= 15 is 0 Å². The van der Waals surface area contributed by atoms with Gasteiger partial charge in [-0.25, -0.2) is 4.98 Å². The van der Waals surface area contributed by atoms with Crippen molar-refractivity contribution in [2.75, 3.05) is 4.90 Å². The number of hydrogen-bond acceptors (Lipinski definition) is 3. The van der Waals surface area contributed by atoms with Crippen LogP contribution in [0.2, 0.25) is 0 Å². The van der Waals surface area contributed by atoms with Crippen LogP contribution in [0.25, 0.3) is 82.7 Å². The molecule has 2 heterocycles. The summed E-state index contributed by atoms with van der Waals surface area (Å²) in [6, 6.07) is 71.0. The Morgan fingerprint density at radius 1 is 0.436 bits per heavy atom. The van der Waals surface area contributed by atoms with Crippen LogP contribution in [0.15, 0.2) is 205 Å². The standard InChI is InChI=1S/C51H33N3O/c1-5-15-34(16-6-1)44-31-36-25-26-39(32-45(36)49-43(44)29-30-48-50(49)52-51(55-48)35-17-7-2-8-18-35)53(37-19-9-3-10-20-37)40-27-28-42-41-23-13-14-24-46(41)54(47(42)33-40)38-21-11-4-12-22-38/h1-33H. The number of rotatable bonds is 6. The molecule has 2 aromatic heterocycles. The molecule has 55 heavy (non-hydrogen) atoms. The molecular formula is C51H33N3O. The van der Waals surface area contributed by atoms with Gasteiger partial charge in [-0.2, -0.15) is 0 Å². The minimum Gasteiger partial charge on any atom is -0.436 e. The minimum atomic E-state index is 0.616. The van der Waals surface area contributed by atoms with Crippen molar-refractivity contribution in [1.29, 1.82) is 0 Å². The predicted molar refractivity (Wildman–Crippen MR) is 229 cm³/mol. The van der Waals surface area contributed by atoms with Crippen molar-refractivity contribution in [3.05, 3.63) is 200 Å². The Balaban J connectivity index is 1.18. The highest BCUT2D eigenvalue weighted by molar-refractivity contribution is 6.23. The molecule has 11 rings (SSSR count). The lowest BCUT2D eigenvalue weighted by atomic mass is 9.92. The summed E-state index contributed by atoms with van der Waals surface area (Å²) in [6.07, 6.45) is 0. The van der Waals surface area contributed by atoms with E-state index in [0.29, 0.717) is 5.89 Å². The first-order chi connectivity index (χ1) is 27.3. The number of fused-ring (bicyclic) bond motifs is 8. The van der Waals surface area contributed by atoms with Crippen LogP contribution in [0.1, 0.15) is 0 Å². The Labute approximate surface area is 317 Å². The second-order valence-electron chi connectivity index (χ2n) is 14.0. The average molecular weight is 704 g/mol.